The van der Waals surface area contributed by atoms with Gasteiger partial charge in [-0.3, -0.25) is 0 Å². The molecule has 1 aliphatic rings. The van der Waals surface area contributed by atoms with Crippen molar-refractivity contribution in [1.29, 1.82) is 0 Å². The van der Waals surface area contributed by atoms with E-state index >= 15 is 0 Å². The second-order valence-electron chi connectivity index (χ2n) is 5.26. The number of aromatic nitrogens is 1. The smallest absolute Gasteiger partial charge is 0.0813 e. The van der Waals surface area contributed by atoms with Gasteiger partial charge in [0.25, 0.3) is 0 Å². The van der Waals surface area contributed by atoms with Crippen molar-refractivity contribution in [2.45, 2.75) is 19.9 Å². The number of nitrogens with zero attached hydrogens (tertiary/aromatic N) is 2. The first-order valence-electron chi connectivity index (χ1n) is 6.55. The molecule has 1 aliphatic heterocycles. The van der Waals surface area contributed by atoms with Crippen molar-refractivity contribution in [2.75, 3.05) is 24.5 Å². The molecule has 0 aliphatic carbocycles. The average Bonchev–Trinajstić information content (AvgIpc) is 2.86. The first-order chi connectivity index (χ1) is 8.74. The molecule has 3 rings (SSSR count). The molecular weight excluding hydrogens is 242 g/mol. The van der Waals surface area contributed by atoms with Crippen molar-refractivity contribution in [3.8, 4) is 0 Å². The molecule has 1 aromatic heterocycles. The standard InChI is InChI=1S/C14H19N3S/c1-10(2)13-8-17(6-5-15-13)11-3-4-12-14(7-11)18-9-16-12/h3-4,7,9-10,13,15H,5-6,8H2,1-2H3. The van der Waals surface area contributed by atoms with Gasteiger partial charge in [-0.25, -0.2) is 4.98 Å². The molecule has 3 nitrogen and oxygen atoms in total. The molecule has 0 spiro atoms. The van der Waals surface area contributed by atoms with Crippen molar-refractivity contribution in [3.63, 3.8) is 0 Å². The maximum absolute atomic E-state index is 4.34. The van der Waals surface area contributed by atoms with Gasteiger partial charge >= 0.3 is 0 Å². The molecule has 1 atom stereocenters. The summed E-state index contributed by atoms with van der Waals surface area (Å²) in [4.78, 5) is 6.82. The van der Waals surface area contributed by atoms with E-state index in [1.54, 1.807) is 11.3 Å². The Bertz CT molecular complexity index is 535. The zero-order valence-corrected chi connectivity index (χ0v) is 11.7. The number of hydrogen-bond donors (Lipinski definition) is 1. The zero-order chi connectivity index (χ0) is 12.5. The van der Waals surface area contributed by atoms with E-state index in [2.05, 4.69) is 47.2 Å². The highest BCUT2D eigenvalue weighted by Crippen LogP contribution is 2.25. The van der Waals surface area contributed by atoms with Gasteiger partial charge in [0.2, 0.25) is 0 Å². The largest absolute Gasteiger partial charge is 0.369 e. The third-order valence-electron chi connectivity index (χ3n) is 3.69. The van der Waals surface area contributed by atoms with Gasteiger partial charge in [-0.15, -0.1) is 11.3 Å². The Morgan fingerprint density at radius 1 is 1.44 bits per heavy atom. The molecule has 0 radical (unpaired) electrons. The van der Waals surface area contributed by atoms with Gasteiger partial charge in [-0.1, -0.05) is 13.8 Å². The first-order valence-corrected chi connectivity index (χ1v) is 7.43. The van der Waals surface area contributed by atoms with Crippen LogP contribution in [0, 0.1) is 5.92 Å². The van der Waals surface area contributed by atoms with Crippen LogP contribution in [0.5, 0.6) is 0 Å². The maximum Gasteiger partial charge on any atom is 0.0813 e. The molecule has 4 heteroatoms. The SMILES string of the molecule is CC(C)C1CN(c2ccc3ncsc3c2)CCN1. The van der Waals surface area contributed by atoms with E-state index in [9.17, 15) is 0 Å². The van der Waals surface area contributed by atoms with Crippen LogP contribution < -0.4 is 10.2 Å². The summed E-state index contributed by atoms with van der Waals surface area (Å²) in [6, 6.07) is 7.20. The minimum absolute atomic E-state index is 0.593. The monoisotopic (exact) mass is 261 g/mol. The van der Waals surface area contributed by atoms with Crippen molar-refractivity contribution in [2.24, 2.45) is 5.92 Å². The first kappa shape index (κ1) is 11.9. The summed E-state index contributed by atoms with van der Waals surface area (Å²) in [5.41, 5.74) is 4.36. The summed E-state index contributed by atoms with van der Waals surface area (Å²) in [6.45, 7) is 7.83. The van der Waals surface area contributed by atoms with E-state index in [0.717, 1.165) is 25.2 Å². The Balaban J connectivity index is 1.84. The van der Waals surface area contributed by atoms with Gasteiger partial charge < -0.3 is 10.2 Å². The molecular formula is C14H19N3S. The lowest BCUT2D eigenvalue weighted by Gasteiger charge is -2.37. The van der Waals surface area contributed by atoms with Crippen molar-refractivity contribution in [1.82, 2.24) is 10.3 Å². The Morgan fingerprint density at radius 2 is 2.33 bits per heavy atom. The highest BCUT2D eigenvalue weighted by Gasteiger charge is 2.22. The number of nitrogens with one attached hydrogen (secondary N) is 1. The molecule has 1 fully saturated rings. The minimum atomic E-state index is 0.593. The van der Waals surface area contributed by atoms with Gasteiger partial charge in [0.15, 0.2) is 0 Å². The molecule has 1 aromatic carbocycles. The van der Waals surface area contributed by atoms with Crippen LogP contribution in [0.15, 0.2) is 23.7 Å². The number of rotatable bonds is 2. The normalized spacial score (nSPS) is 20.8. The molecule has 1 N–H and O–H groups in total. The van der Waals surface area contributed by atoms with E-state index < -0.39 is 0 Å². The average molecular weight is 261 g/mol. The summed E-state index contributed by atoms with van der Waals surface area (Å²) in [5, 5.41) is 3.60. The predicted molar refractivity (Wildman–Crippen MR) is 78.5 cm³/mol. The van der Waals surface area contributed by atoms with Crippen LogP contribution in [0.1, 0.15) is 13.8 Å². The Hall–Kier alpha value is -1.13. The number of thiazole rings is 1. The number of benzene rings is 1. The van der Waals surface area contributed by atoms with Crippen LogP contribution in [0.2, 0.25) is 0 Å². The third kappa shape index (κ3) is 2.22. The van der Waals surface area contributed by atoms with E-state index in [0.29, 0.717) is 12.0 Å². The van der Waals surface area contributed by atoms with E-state index in [-0.39, 0.29) is 0 Å². The van der Waals surface area contributed by atoms with Crippen LogP contribution in [0.4, 0.5) is 5.69 Å². The van der Waals surface area contributed by atoms with E-state index in [1.165, 1.54) is 10.4 Å². The van der Waals surface area contributed by atoms with Crippen molar-refractivity contribution in [3.05, 3.63) is 23.7 Å². The van der Waals surface area contributed by atoms with Crippen molar-refractivity contribution < 1.29 is 0 Å². The quantitative estimate of drug-likeness (QED) is 0.901. The van der Waals surface area contributed by atoms with Gasteiger partial charge in [-0.2, -0.15) is 0 Å². The van der Waals surface area contributed by atoms with Gasteiger partial charge in [-0.05, 0) is 24.1 Å². The maximum atomic E-state index is 4.34. The van der Waals surface area contributed by atoms with Crippen LogP contribution in [-0.4, -0.2) is 30.7 Å². The van der Waals surface area contributed by atoms with Gasteiger partial charge in [0.05, 0.1) is 15.7 Å². The summed E-state index contributed by atoms with van der Waals surface area (Å²) >= 11 is 1.72. The second kappa shape index (κ2) is 4.86. The number of anilines is 1. The van der Waals surface area contributed by atoms with Crippen LogP contribution >= 0.6 is 11.3 Å². The van der Waals surface area contributed by atoms with Crippen LogP contribution in [0.25, 0.3) is 10.2 Å². The summed E-state index contributed by atoms with van der Waals surface area (Å²) < 4.78 is 1.28. The van der Waals surface area contributed by atoms with Crippen LogP contribution in [-0.2, 0) is 0 Å². The molecule has 1 saturated heterocycles. The minimum Gasteiger partial charge on any atom is -0.369 e. The molecule has 18 heavy (non-hydrogen) atoms. The number of hydrogen-bond acceptors (Lipinski definition) is 4. The van der Waals surface area contributed by atoms with E-state index in [4.69, 9.17) is 0 Å². The second-order valence-corrected chi connectivity index (χ2v) is 6.14. The Morgan fingerprint density at radius 3 is 3.17 bits per heavy atom. The molecule has 1 unspecified atom stereocenters. The number of fused-ring (bicyclic) bond motifs is 1. The molecule has 0 saturated carbocycles. The van der Waals surface area contributed by atoms with Crippen molar-refractivity contribution >= 4 is 27.2 Å². The Labute approximate surface area is 112 Å². The summed E-state index contributed by atoms with van der Waals surface area (Å²) in [7, 11) is 0. The van der Waals surface area contributed by atoms with Crippen LogP contribution in [0.3, 0.4) is 0 Å². The highest BCUT2D eigenvalue weighted by molar-refractivity contribution is 7.16. The molecule has 0 amide bonds. The van der Waals surface area contributed by atoms with E-state index in [1.807, 2.05) is 5.51 Å². The zero-order valence-electron chi connectivity index (χ0n) is 10.9. The topological polar surface area (TPSA) is 28.2 Å². The lowest BCUT2D eigenvalue weighted by atomic mass is 10.0. The summed E-state index contributed by atoms with van der Waals surface area (Å²) in [6.07, 6.45) is 0. The van der Waals surface area contributed by atoms with Gasteiger partial charge in [0.1, 0.15) is 0 Å². The lowest BCUT2D eigenvalue weighted by Crippen LogP contribution is -2.52. The van der Waals surface area contributed by atoms with Gasteiger partial charge in [0, 0.05) is 31.4 Å². The molecule has 0 bridgehead atoms. The lowest BCUT2D eigenvalue weighted by molar-refractivity contribution is 0.368. The summed E-state index contributed by atoms with van der Waals surface area (Å²) in [5.74, 6) is 0.680. The molecule has 96 valence electrons. The number of piperazine rings is 1. The fourth-order valence-corrected chi connectivity index (χ4v) is 3.21. The Kier molecular flexibility index (Phi) is 3.22. The third-order valence-corrected chi connectivity index (χ3v) is 4.48. The molecule has 2 aromatic rings. The predicted octanol–water partition coefficient (Wildman–Crippen LogP) is 2.73. The highest BCUT2D eigenvalue weighted by atomic mass is 32.1. The fourth-order valence-electron chi connectivity index (χ4n) is 2.50. The fraction of sp³-hybridized carbons (Fsp3) is 0.500. The molecule has 2 heterocycles.